The molecular weight excluding hydrogens is 212 g/mol. The highest BCUT2D eigenvalue weighted by Gasteiger charge is 2.06. The fourth-order valence-electron chi connectivity index (χ4n) is 2.09. The standard InChI is InChI=1S/C7H9N.C6H5N3/c1-3-7-4-2-6-8(7)5-1;1-2-4-9-5-7-8-6(9)3-1/h1,3,5H,2,4,6H2;1-5H. The van der Waals surface area contributed by atoms with E-state index in [0.717, 1.165) is 5.65 Å². The van der Waals surface area contributed by atoms with Crippen molar-refractivity contribution in [3.63, 3.8) is 0 Å². The summed E-state index contributed by atoms with van der Waals surface area (Å²) in [6, 6.07) is 10.1. The Morgan fingerprint density at radius 3 is 2.94 bits per heavy atom. The summed E-state index contributed by atoms with van der Waals surface area (Å²) in [6.45, 7) is 1.24. The lowest BCUT2D eigenvalue weighted by atomic mass is 10.3. The predicted molar refractivity (Wildman–Crippen MR) is 65.7 cm³/mol. The third kappa shape index (κ3) is 2.06. The van der Waals surface area contributed by atoms with Crippen molar-refractivity contribution in [2.75, 3.05) is 0 Å². The van der Waals surface area contributed by atoms with E-state index in [1.54, 1.807) is 6.33 Å². The van der Waals surface area contributed by atoms with Crippen molar-refractivity contribution in [1.29, 1.82) is 0 Å². The molecule has 0 radical (unpaired) electrons. The maximum atomic E-state index is 3.83. The Morgan fingerprint density at radius 2 is 2.06 bits per heavy atom. The topological polar surface area (TPSA) is 35.1 Å². The van der Waals surface area contributed by atoms with Gasteiger partial charge in [-0.3, -0.25) is 4.40 Å². The van der Waals surface area contributed by atoms with Gasteiger partial charge in [-0.2, -0.15) is 0 Å². The average molecular weight is 226 g/mol. The van der Waals surface area contributed by atoms with Crippen LogP contribution in [-0.4, -0.2) is 19.2 Å². The molecule has 0 saturated heterocycles. The lowest BCUT2D eigenvalue weighted by Crippen LogP contribution is -1.86. The van der Waals surface area contributed by atoms with Crippen LogP contribution < -0.4 is 0 Å². The van der Waals surface area contributed by atoms with Crippen LogP contribution in [0.1, 0.15) is 12.1 Å². The van der Waals surface area contributed by atoms with Gasteiger partial charge in [0.1, 0.15) is 6.33 Å². The highest BCUT2D eigenvalue weighted by atomic mass is 15.2. The van der Waals surface area contributed by atoms with E-state index in [9.17, 15) is 0 Å². The summed E-state index contributed by atoms with van der Waals surface area (Å²) >= 11 is 0. The number of nitrogens with zero attached hydrogens (tertiary/aromatic N) is 4. The highest BCUT2D eigenvalue weighted by Crippen LogP contribution is 2.13. The Kier molecular flexibility index (Phi) is 2.62. The van der Waals surface area contributed by atoms with Crippen LogP contribution in [0, 0.1) is 0 Å². The zero-order valence-corrected chi connectivity index (χ0v) is 9.53. The fourth-order valence-corrected chi connectivity index (χ4v) is 2.09. The van der Waals surface area contributed by atoms with E-state index in [0.29, 0.717) is 0 Å². The predicted octanol–water partition coefficient (Wildman–Crippen LogP) is 2.16. The summed E-state index contributed by atoms with van der Waals surface area (Å²) in [5.74, 6) is 0. The highest BCUT2D eigenvalue weighted by molar-refractivity contribution is 5.34. The van der Waals surface area contributed by atoms with Gasteiger partial charge in [0.05, 0.1) is 0 Å². The zero-order chi connectivity index (χ0) is 11.5. The summed E-state index contributed by atoms with van der Waals surface area (Å²) in [5, 5.41) is 7.55. The largest absolute Gasteiger partial charge is 0.351 e. The van der Waals surface area contributed by atoms with E-state index in [2.05, 4.69) is 33.1 Å². The number of hydrogen-bond donors (Lipinski definition) is 0. The van der Waals surface area contributed by atoms with Crippen LogP contribution >= 0.6 is 0 Å². The van der Waals surface area contributed by atoms with Crippen LogP contribution in [0.5, 0.6) is 0 Å². The molecule has 3 aromatic rings. The third-order valence-corrected chi connectivity index (χ3v) is 2.96. The molecule has 0 fully saturated rings. The minimum atomic E-state index is 0.887. The summed E-state index contributed by atoms with van der Waals surface area (Å²) in [7, 11) is 0. The maximum Gasteiger partial charge on any atom is 0.160 e. The molecule has 0 bridgehead atoms. The van der Waals surface area contributed by atoms with Gasteiger partial charge in [0.15, 0.2) is 5.65 Å². The van der Waals surface area contributed by atoms with Crippen molar-refractivity contribution in [2.45, 2.75) is 19.4 Å². The minimum absolute atomic E-state index is 0.887. The molecule has 0 N–H and O–H groups in total. The van der Waals surface area contributed by atoms with E-state index in [1.807, 2.05) is 28.8 Å². The van der Waals surface area contributed by atoms with E-state index in [1.165, 1.54) is 25.1 Å². The first-order chi connectivity index (χ1) is 8.43. The number of fused-ring (bicyclic) bond motifs is 2. The molecule has 0 atom stereocenters. The molecule has 4 heterocycles. The maximum absolute atomic E-state index is 3.83. The van der Waals surface area contributed by atoms with Crippen LogP contribution in [0.4, 0.5) is 0 Å². The van der Waals surface area contributed by atoms with Crippen LogP contribution in [0.2, 0.25) is 0 Å². The van der Waals surface area contributed by atoms with E-state index in [-0.39, 0.29) is 0 Å². The molecule has 4 rings (SSSR count). The summed E-state index contributed by atoms with van der Waals surface area (Å²) in [6.07, 6.45) is 8.37. The second-order valence-corrected chi connectivity index (χ2v) is 4.09. The number of rotatable bonds is 0. The summed E-state index contributed by atoms with van der Waals surface area (Å²) in [4.78, 5) is 0. The van der Waals surface area contributed by atoms with Gasteiger partial charge < -0.3 is 4.57 Å². The molecule has 0 unspecified atom stereocenters. The summed E-state index contributed by atoms with van der Waals surface area (Å²) in [5.41, 5.74) is 2.39. The minimum Gasteiger partial charge on any atom is -0.351 e. The Morgan fingerprint density at radius 1 is 1.06 bits per heavy atom. The first kappa shape index (κ1) is 10.1. The smallest absolute Gasteiger partial charge is 0.160 e. The van der Waals surface area contributed by atoms with Crippen molar-refractivity contribution in [3.8, 4) is 0 Å². The molecule has 86 valence electrons. The van der Waals surface area contributed by atoms with Crippen molar-refractivity contribution in [3.05, 3.63) is 54.7 Å². The first-order valence-corrected chi connectivity index (χ1v) is 5.82. The van der Waals surface area contributed by atoms with E-state index >= 15 is 0 Å². The quantitative estimate of drug-likeness (QED) is 0.589. The van der Waals surface area contributed by atoms with Gasteiger partial charge in [-0.15, -0.1) is 10.2 Å². The number of aryl methyl sites for hydroxylation is 2. The van der Waals surface area contributed by atoms with Crippen LogP contribution in [-0.2, 0) is 13.0 Å². The summed E-state index contributed by atoms with van der Waals surface area (Å²) < 4.78 is 4.18. The Balaban J connectivity index is 0.000000107. The molecule has 1 aliphatic heterocycles. The molecule has 17 heavy (non-hydrogen) atoms. The van der Waals surface area contributed by atoms with Crippen LogP contribution in [0.3, 0.4) is 0 Å². The molecule has 0 aliphatic carbocycles. The third-order valence-electron chi connectivity index (χ3n) is 2.96. The van der Waals surface area contributed by atoms with Crippen LogP contribution in [0.25, 0.3) is 5.65 Å². The van der Waals surface area contributed by atoms with Gasteiger partial charge in [-0.05, 0) is 37.1 Å². The average Bonchev–Trinajstić information content (AvgIpc) is 3.06. The van der Waals surface area contributed by atoms with Crippen molar-refractivity contribution < 1.29 is 0 Å². The number of aromatic nitrogens is 4. The monoisotopic (exact) mass is 226 g/mol. The van der Waals surface area contributed by atoms with Gasteiger partial charge >= 0.3 is 0 Å². The van der Waals surface area contributed by atoms with E-state index < -0.39 is 0 Å². The van der Waals surface area contributed by atoms with Gasteiger partial charge in [0.25, 0.3) is 0 Å². The molecule has 3 aromatic heterocycles. The molecule has 0 spiro atoms. The van der Waals surface area contributed by atoms with Gasteiger partial charge in [0.2, 0.25) is 0 Å². The van der Waals surface area contributed by atoms with Gasteiger partial charge in [-0.1, -0.05) is 6.07 Å². The fraction of sp³-hybridized carbons (Fsp3) is 0.231. The Hall–Kier alpha value is -2.10. The zero-order valence-electron chi connectivity index (χ0n) is 9.53. The Labute approximate surface area is 99.5 Å². The van der Waals surface area contributed by atoms with Crippen molar-refractivity contribution in [2.24, 2.45) is 0 Å². The molecular formula is C13H14N4. The van der Waals surface area contributed by atoms with Crippen LogP contribution in [0.15, 0.2) is 49.1 Å². The second-order valence-electron chi connectivity index (χ2n) is 4.09. The number of pyridine rings is 1. The molecule has 1 aliphatic rings. The first-order valence-electron chi connectivity index (χ1n) is 5.82. The van der Waals surface area contributed by atoms with Gasteiger partial charge in [0, 0.05) is 24.6 Å². The lowest BCUT2D eigenvalue weighted by Gasteiger charge is -1.90. The van der Waals surface area contributed by atoms with E-state index in [4.69, 9.17) is 0 Å². The second kappa shape index (κ2) is 4.41. The molecule has 0 saturated carbocycles. The SMILES string of the molecule is c1cc2n(c1)CCC2.c1ccn2cnnc2c1. The van der Waals surface area contributed by atoms with Crippen molar-refractivity contribution in [1.82, 2.24) is 19.2 Å². The molecule has 0 aromatic carbocycles. The molecule has 0 amide bonds. The normalized spacial score (nSPS) is 13.2. The molecule has 4 nitrogen and oxygen atoms in total. The van der Waals surface area contributed by atoms with Crippen molar-refractivity contribution >= 4 is 5.65 Å². The van der Waals surface area contributed by atoms with Gasteiger partial charge in [-0.25, -0.2) is 0 Å². The lowest BCUT2D eigenvalue weighted by molar-refractivity contribution is 0.750. The molecule has 4 heteroatoms. The Bertz CT molecular complexity index is 560. The number of hydrogen-bond acceptors (Lipinski definition) is 2.